The van der Waals surface area contributed by atoms with Crippen molar-refractivity contribution in [1.82, 2.24) is 25.1 Å². The number of fused-ring (bicyclic) bond motifs is 1. The second kappa shape index (κ2) is 9.40. The summed E-state index contributed by atoms with van der Waals surface area (Å²) < 4.78 is 0. The Morgan fingerprint density at radius 1 is 1.29 bits per heavy atom. The van der Waals surface area contributed by atoms with E-state index in [0.29, 0.717) is 25.5 Å². The van der Waals surface area contributed by atoms with Crippen molar-refractivity contribution in [2.24, 2.45) is 0 Å². The number of aryl methyl sites for hydroxylation is 1. The van der Waals surface area contributed by atoms with Crippen molar-refractivity contribution < 1.29 is 14.7 Å². The van der Waals surface area contributed by atoms with Crippen molar-refractivity contribution in [2.75, 3.05) is 38.0 Å². The number of aliphatic hydroxyl groups excluding tert-OH is 1. The standard InChI is InChI=1S/C22H28N6O3/c1-15-2-3-17-9-27(5-4-16(17)6-15)12-19(30)8-23-22(31)20-7-21(25-13-24-20)26-18-10-28(11-18)14-29/h2-3,6-7,13-14,18-19,30H,4-5,8-12H2,1H3,(H,23,31)(H,24,25,26). The molecule has 1 aromatic carbocycles. The maximum absolute atomic E-state index is 12.4. The summed E-state index contributed by atoms with van der Waals surface area (Å²) in [6.45, 7) is 5.68. The third-order valence-electron chi connectivity index (χ3n) is 5.73. The Kier molecular flexibility index (Phi) is 6.43. The molecule has 2 aliphatic heterocycles. The van der Waals surface area contributed by atoms with Crippen LogP contribution in [0.15, 0.2) is 30.6 Å². The SMILES string of the molecule is Cc1ccc2c(c1)CCN(CC(O)CNC(=O)c1cc(NC3CN(C=O)C3)ncn1)C2. The Bertz CT molecular complexity index is 947. The van der Waals surface area contributed by atoms with Crippen LogP contribution in [-0.4, -0.2) is 82.1 Å². The molecular formula is C22H28N6O3. The van der Waals surface area contributed by atoms with Crippen molar-refractivity contribution in [3.63, 3.8) is 0 Å². The van der Waals surface area contributed by atoms with Gasteiger partial charge in [-0.2, -0.15) is 0 Å². The summed E-state index contributed by atoms with van der Waals surface area (Å²) in [5.74, 6) is 0.186. The van der Waals surface area contributed by atoms with Crippen molar-refractivity contribution in [1.29, 1.82) is 0 Å². The number of likely N-dealkylation sites (tertiary alicyclic amines) is 1. The van der Waals surface area contributed by atoms with Gasteiger partial charge in [-0.3, -0.25) is 14.5 Å². The maximum atomic E-state index is 12.4. The molecule has 1 unspecified atom stereocenters. The molecule has 2 aromatic rings. The van der Waals surface area contributed by atoms with Crippen LogP contribution in [0.4, 0.5) is 5.82 Å². The Morgan fingerprint density at radius 3 is 2.94 bits per heavy atom. The second-order valence-electron chi connectivity index (χ2n) is 8.31. The van der Waals surface area contributed by atoms with E-state index in [0.717, 1.165) is 25.9 Å². The molecule has 0 radical (unpaired) electrons. The molecule has 0 aliphatic carbocycles. The van der Waals surface area contributed by atoms with Crippen LogP contribution >= 0.6 is 0 Å². The van der Waals surface area contributed by atoms with E-state index in [9.17, 15) is 14.7 Å². The minimum absolute atomic E-state index is 0.122. The summed E-state index contributed by atoms with van der Waals surface area (Å²) in [6.07, 6.45) is 2.45. The topological polar surface area (TPSA) is 111 Å². The molecule has 9 nitrogen and oxygen atoms in total. The highest BCUT2D eigenvalue weighted by atomic mass is 16.3. The summed E-state index contributed by atoms with van der Waals surface area (Å²) in [4.78, 5) is 35.1. The molecule has 2 amide bonds. The van der Waals surface area contributed by atoms with Gasteiger partial charge in [0, 0.05) is 45.3 Å². The van der Waals surface area contributed by atoms with Gasteiger partial charge in [0.25, 0.3) is 5.91 Å². The number of aromatic nitrogens is 2. The summed E-state index contributed by atoms with van der Waals surface area (Å²) in [7, 11) is 0. The minimum Gasteiger partial charge on any atom is -0.390 e. The smallest absolute Gasteiger partial charge is 0.270 e. The van der Waals surface area contributed by atoms with Gasteiger partial charge in [0.05, 0.1) is 12.1 Å². The fraction of sp³-hybridized carbons (Fsp3) is 0.455. The molecule has 3 N–H and O–H groups in total. The molecule has 1 atom stereocenters. The number of carbonyl (C=O) groups excluding carboxylic acids is 2. The summed E-state index contributed by atoms with van der Waals surface area (Å²) in [5, 5.41) is 16.3. The van der Waals surface area contributed by atoms with E-state index in [-0.39, 0.29) is 24.2 Å². The molecule has 1 aromatic heterocycles. The lowest BCUT2D eigenvalue weighted by molar-refractivity contribution is -0.121. The molecule has 164 valence electrons. The molecule has 1 saturated heterocycles. The highest BCUT2D eigenvalue weighted by Gasteiger charge is 2.25. The van der Waals surface area contributed by atoms with Gasteiger partial charge in [-0.1, -0.05) is 23.8 Å². The lowest BCUT2D eigenvalue weighted by Gasteiger charge is -2.36. The van der Waals surface area contributed by atoms with Crippen LogP contribution in [0.3, 0.4) is 0 Å². The highest BCUT2D eigenvalue weighted by Crippen LogP contribution is 2.20. The average Bonchev–Trinajstić information content (AvgIpc) is 2.74. The van der Waals surface area contributed by atoms with Gasteiger partial charge >= 0.3 is 0 Å². The van der Waals surface area contributed by atoms with Crippen molar-refractivity contribution in [3.8, 4) is 0 Å². The van der Waals surface area contributed by atoms with Crippen LogP contribution in [0.5, 0.6) is 0 Å². The van der Waals surface area contributed by atoms with E-state index < -0.39 is 6.10 Å². The van der Waals surface area contributed by atoms with Gasteiger partial charge in [0.1, 0.15) is 17.8 Å². The summed E-state index contributed by atoms with van der Waals surface area (Å²) >= 11 is 0. The zero-order valence-electron chi connectivity index (χ0n) is 17.6. The number of hydrogen-bond acceptors (Lipinski definition) is 7. The summed E-state index contributed by atoms with van der Waals surface area (Å²) in [6, 6.07) is 8.21. The molecule has 31 heavy (non-hydrogen) atoms. The summed E-state index contributed by atoms with van der Waals surface area (Å²) in [5.41, 5.74) is 4.19. The van der Waals surface area contributed by atoms with Crippen LogP contribution < -0.4 is 10.6 Å². The van der Waals surface area contributed by atoms with Gasteiger partial charge in [0.2, 0.25) is 6.41 Å². The third-order valence-corrected chi connectivity index (χ3v) is 5.73. The molecule has 0 saturated carbocycles. The molecule has 0 bridgehead atoms. The number of hydrogen-bond donors (Lipinski definition) is 3. The molecule has 1 fully saturated rings. The van der Waals surface area contributed by atoms with Crippen molar-refractivity contribution >= 4 is 18.1 Å². The molecular weight excluding hydrogens is 396 g/mol. The fourth-order valence-electron chi connectivity index (χ4n) is 4.02. The number of nitrogens with zero attached hydrogens (tertiary/aromatic N) is 4. The zero-order valence-corrected chi connectivity index (χ0v) is 17.6. The number of aliphatic hydroxyl groups is 1. The van der Waals surface area contributed by atoms with Crippen molar-refractivity contribution in [3.05, 3.63) is 53.0 Å². The Morgan fingerprint density at radius 2 is 2.13 bits per heavy atom. The van der Waals surface area contributed by atoms with Gasteiger partial charge in [-0.05, 0) is 24.5 Å². The lowest BCUT2D eigenvalue weighted by atomic mass is 9.97. The van der Waals surface area contributed by atoms with Gasteiger partial charge in [-0.15, -0.1) is 0 Å². The fourth-order valence-corrected chi connectivity index (χ4v) is 4.02. The van der Waals surface area contributed by atoms with Gasteiger partial charge in [0.15, 0.2) is 0 Å². The number of carbonyl (C=O) groups is 2. The molecule has 0 spiro atoms. The third kappa shape index (κ3) is 5.36. The monoisotopic (exact) mass is 424 g/mol. The second-order valence-corrected chi connectivity index (χ2v) is 8.31. The number of rotatable bonds is 8. The van der Waals surface area contributed by atoms with E-state index in [4.69, 9.17) is 0 Å². The van der Waals surface area contributed by atoms with Crippen LogP contribution in [0.25, 0.3) is 0 Å². The number of anilines is 1. The number of benzene rings is 1. The highest BCUT2D eigenvalue weighted by molar-refractivity contribution is 5.92. The number of nitrogens with one attached hydrogen (secondary N) is 2. The van der Waals surface area contributed by atoms with E-state index in [1.165, 1.54) is 23.0 Å². The first-order chi connectivity index (χ1) is 15.0. The molecule has 4 rings (SSSR count). The number of amides is 2. The predicted molar refractivity (Wildman–Crippen MR) is 116 cm³/mol. The van der Waals surface area contributed by atoms with E-state index in [2.05, 4.69) is 50.6 Å². The normalized spacial score (nSPS) is 17.4. The average molecular weight is 425 g/mol. The Labute approximate surface area is 181 Å². The first kappa shape index (κ1) is 21.2. The molecule has 3 heterocycles. The first-order valence-electron chi connectivity index (χ1n) is 10.5. The van der Waals surface area contributed by atoms with E-state index in [1.54, 1.807) is 11.0 Å². The van der Waals surface area contributed by atoms with E-state index >= 15 is 0 Å². The quantitative estimate of drug-likeness (QED) is 0.519. The van der Waals surface area contributed by atoms with Crippen LogP contribution in [-0.2, 0) is 17.8 Å². The minimum atomic E-state index is -0.667. The lowest BCUT2D eigenvalue weighted by Crippen LogP contribution is -2.53. The zero-order chi connectivity index (χ0) is 21.8. The Balaban J connectivity index is 1.23. The maximum Gasteiger partial charge on any atom is 0.270 e. The molecule has 9 heteroatoms. The largest absolute Gasteiger partial charge is 0.390 e. The van der Waals surface area contributed by atoms with Crippen LogP contribution in [0.2, 0.25) is 0 Å². The van der Waals surface area contributed by atoms with Crippen molar-refractivity contribution in [2.45, 2.75) is 32.0 Å². The molecule has 2 aliphatic rings. The number of β-amino-alcohol motifs (C(OH)–C–C–N with tert-alkyl or cyclic N) is 1. The van der Waals surface area contributed by atoms with Crippen LogP contribution in [0.1, 0.15) is 27.2 Å². The Hall–Kier alpha value is -3.04. The van der Waals surface area contributed by atoms with Crippen LogP contribution in [0, 0.1) is 6.92 Å². The van der Waals surface area contributed by atoms with Gasteiger partial charge in [-0.25, -0.2) is 9.97 Å². The predicted octanol–water partition coefficient (Wildman–Crippen LogP) is 0.187. The van der Waals surface area contributed by atoms with E-state index in [1.807, 2.05) is 0 Å². The first-order valence-corrected chi connectivity index (χ1v) is 10.5. The van der Waals surface area contributed by atoms with Gasteiger partial charge < -0.3 is 20.6 Å².